The van der Waals surface area contributed by atoms with Crippen molar-refractivity contribution in [3.8, 4) is 11.5 Å². The van der Waals surface area contributed by atoms with E-state index < -0.39 is 22.0 Å². The predicted octanol–water partition coefficient (Wildman–Crippen LogP) is 3.44. The number of rotatable bonds is 6. The number of anilines is 3. The monoisotopic (exact) mass is 523 g/mol. The van der Waals surface area contributed by atoms with E-state index in [0.29, 0.717) is 36.1 Å². The Morgan fingerprint density at radius 2 is 1.70 bits per heavy atom. The molecule has 1 saturated heterocycles. The Morgan fingerprint density at radius 3 is 2.38 bits per heavy atom. The van der Waals surface area contributed by atoms with Crippen molar-refractivity contribution in [2.24, 2.45) is 0 Å². The first-order chi connectivity index (χ1) is 17.8. The minimum atomic E-state index is -3.97. The van der Waals surface area contributed by atoms with Gasteiger partial charge in [-0.3, -0.25) is 9.10 Å². The summed E-state index contributed by atoms with van der Waals surface area (Å²) in [5.74, 6) is 0.459. The van der Waals surface area contributed by atoms with Crippen molar-refractivity contribution < 1.29 is 27.4 Å². The molecule has 1 atom stereocenters. The maximum atomic E-state index is 13.6. The highest BCUT2D eigenvalue weighted by molar-refractivity contribution is 7.92. The first-order valence-electron chi connectivity index (χ1n) is 12.0. The molecule has 9 nitrogen and oxygen atoms in total. The molecule has 2 aliphatic rings. The minimum absolute atomic E-state index is 0.0968. The quantitative estimate of drug-likeness (QED) is 0.529. The lowest BCUT2D eigenvalue weighted by molar-refractivity contribution is -0.122. The molecule has 37 heavy (non-hydrogen) atoms. The van der Waals surface area contributed by atoms with E-state index in [1.807, 2.05) is 37.3 Å². The Kier molecular flexibility index (Phi) is 6.94. The molecule has 1 amide bonds. The summed E-state index contributed by atoms with van der Waals surface area (Å²) in [5, 5.41) is 2.87. The summed E-state index contributed by atoms with van der Waals surface area (Å²) in [7, 11) is -2.45. The lowest BCUT2D eigenvalue weighted by atomic mass is 10.1. The summed E-state index contributed by atoms with van der Waals surface area (Å²) in [6, 6.07) is 19.0. The number of fused-ring (bicyclic) bond motifs is 1. The van der Waals surface area contributed by atoms with Crippen LogP contribution in [0.1, 0.15) is 5.56 Å². The topological polar surface area (TPSA) is 97.4 Å². The van der Waals surface area contributed by atoms with Crippen LogP contribution in [0.2, 0.25) is 0 Å². The molecular weight excluding hydrogens is 494 g/mol. The van der Waals surface area contributed by atoms with Crippen LogP contribution in [0, 0.1) is 6.92 Å². The van der Waals surface area contributed by atoms with Gasteiger partial charge in [0, 0.05) is 24.5 Å². The number of ether oxygens (including phenoxy) is 3. The molecule has 3 aromatic rings. The molecule has 5 rings (SSSR count). The van der Waals surface area contributed by atoms with E-state index in [1.165, 1.54) is 23.5 Å². The van der Waals surface area contributed by atoms with Crippen molar-refractivity contribution in [3.63, 3.8) is 0 Å². The second-order valence-electron chi connectivity index (χ2n) is 8.92. The SMILES string of the molecule is COc1ccc(S(=O)(=O)N2C[C@H](C(=O)Nc3ccc(N4CCOCC4)cc3)Oc3cc(C)ccc32)cc1. The van der Waals surface area contributed by atoms with Crippen LogP contribution in [0.15, 0.2) is 71.6 Å². The molecule has 1 N–H and O–H groups in total. The van der Waals surface area contributed by atoms with Crippen molar-refractivity contribution in [1.82, 2.24) is 0 Å². The lowest BCUT2D eigenvalue weighted by Gasteiger charge is -2.35. The summed E-state index contributed by atoms with van der Waals surface area (Å²) in [6.45, 7) is 4.73. The van der Waals surface area contributed by atoms with Crippen molar-refractivity contribution >= 4 is 33.0 Å². The van der Waals surface area contributed by atoms with Crippen LogP contribution in [-0.2, 0) is 19.6 Å². The molecule has 1 fully saturated rings. The molecule has 0 saturated carbocycles. The fourth-order valence-electron chi connectivity index (χ4n) is 4.40. The summed E-state index contributed by atoms with van der Waals surface area (Å²) in [6.07, 6.45) is -1.04. The Bertz CT molecular complexity index is 1370. The Morgan fingerprint density at radius 1 is 1.00 bits per heavy atom. The fourth-order valence-corrected chi connectivity index (χ4v) is 5.88. The van der Waals surface area contributed by atoms with Crippen LogP contribution >= 0.6 is 0 Å². The lowest BCUT2D eigenvalue weighted by Crippen LogP contribution is -2.48. The fraction of sp³-hybridized carbons (Fsp3) is 0.296. The normalized spacial score (nSPS) is 17.5. The number of aryl methyl sites for hydroxylation is 1. The Labute approximate surface area is 216 Å². The van der Waals surface area contributed by atoms with Crippen LogP contribution in [0.3, 0.4) is 0 Å². The number of methoxy groups -OCH3 is 1. The molecule has 2 aliphatic heterocycles. The van der Waals surface area contributed by atoms with Gasteiger partial charge in [0.2, 0.25) is 0 Å². The minimum Gasteiger partial charge on any atom is -0.497 e. The van der Waals surface area contributed by atoms with Gasteiger partial charge in [-0.05, 0) is 73.2 Å². The number of amides is 1. The average molecular weight is 524 g/mol. The predicted molar refractivity (Wildman–Crippen MR) is 141 cm³/mol. The largest absolute Gasteiger partial charge is 0.497 e. The standard InChI is InChI=1S/C27H29N3O6S/c1-19-3-12-24-25(17-19)36-26(18-30(24)37(32,33)23-10-8-22(34-2)9-11-23)27(31)28-20-4-6-21(7-5-20)29-13-15-35-16-14-29/h3-12,17,26H,13-16,18H2,1-2H3,(H,28,31)/t26-/m1/s1. The molecular formula is C27H29N3O6S. The second kappa shape index (κ2) is 10.3. The highest BCUT2D eigenvalue weighted by Crippen LogP contribution is 2.38. The zero-order valence-electron chi connectivity index (χ0n) is 20.7. The molecule has 0 bridgehead atoms. The number of carbonyl (C=O) groups is 1. The third-order valence-electron chi connectivity index (χ3n) is 6.44. The number of nitrogens with one attached hydrogen (secondary N) is 1. The van der Waals surface area contributed by atoms with E-state index >= 15 is 0 Å². The smallest absolute Gasteiger partial charge is 0.267 e. The van der Waals surface area contributed by atoms with E-state index in [2.05, 4.69) is 10.2 Å². The Balaban J connectivity index is 1.38. The highest BCUT2D eigenvalue weighted by atomic mass is 32.2. The molecule has 0 spiro atoms. The maximum absolute atomic E-state index is 13.6. The number of benzene rings is 3. The third-order valence-corrected chi connectivity index (χ3v) is 8.23. The number of carbonyl (C=O) groups excluding carboxylic acids is 1. The van der Waals surface area contributed by atoms with Gasteiger partial charge in [0.05, 0.1) is 37.5 Å². The summed E-state index contributed by atoms with van der Waals surface area (Å²) >= 11 is 0. The zero-order chi connectivity index (χ0) is 26.0. The van der Waals surface area contributed by atoms with E-state index in [0.717, 1.165) is 24.3 Å². The molecule has 0 aromatic heterocycles. The van der Waals surface area contributed by atoms with Gasteiger partial charge < -0.3 is 24.4 Å². The van der Waals surface area contributed by atoms with Gasteiger partial charge in [0.15, 0.2) is 6.10 Å². The van der Waals surface area contributed by atoms with Gasteiger partial charge in [0.25, 0.3) is 15.9 Å². The van der Waals surface area contributed by atoms with Crippen LogP contribution in [0.5, 0.6) is 11.5 Å². The van der Waals surface area contributed by atoms with Crippen molar-refractivity contribution in [3.05, 3.63) is 72.3 Å². The van der Waals surface area contributed by atoms with E-state index in [1.54, 1.807) is 24.3 Å². The van der Waals surface area contributed by atoms with Crippen molar-refractivity contribution in [1.29, 1.82) is 0 Å². The number of hydrogen-bond donors (Lipinski definition) is 1. The van der Waals surface area contributed by atoms with E-state index in [9.17, 15) is 13.2 Å². The second-order valence-corrected chi connectivity index (χ2v) is 10.8. The zero-order valence-corrected chi connectivity index (χ0v) is 21.5. The molecule has 3 aromatic carbocycles. The molecule has 0 aliphatic carbocycles. The molecule has 2 heterocycles. The van der Waals surface area contributed by atoms with Crippen LogP contribution in [0.25, 0.3) is 0 Å². The summed E-state index contributed by atoms with van der Waals surface area (Å²) in [4.78, 5) is 15.6. The van der Waals surface area contributed by atoms with Gasteiger partial charge in [-0.15, -0.1) is 0 Å². The number of hydrogen-bond acceptors (Lipinski definition) is 7. The van der Waals surface area contributed by atoms with Gasteiger partial charge >= 0.3 is 0 Å². The van der Waals surface area contributed by atoms with Crippen LogP contribution in [-0.4, -0.2) is 60.4 Å². The molecule has 10 heteroatoms. The van der Waals surface area contributed by atoms with E-state index in [-0.39, 0.29) is 11.4 Å². The molecule has 194 valence electrons. The van der Waals surface area contributed by atoms with Crippen molar-refractivity contribution in [2.45, 2.75) is 17.9 Å². The Hall–Kier alpha value is -3.76. The van der Waals surface area contributed by atoms with Gasteiger partial charge in [-0.2, -0.15) is 0 Å². The van der Waals surface area contributed by atoms with Crippen molar-refractivity contribution in [2.75, 3.05) is 54.5 Å². The van der Waals surface area contributed by atoms with Crippen LogP contribution in [0.4, 0.5) is 17.1 Å². The summed E-state index contributed by atoms with van der Waals surface area (Å²) < 4.78 is 45.1. The van der Waals surface area contributed by atoms with Gasteiger partial charge in [-0.1, -0.05) is 6.07 Å². The van der Waals surface area contributed by atoms with Gasteiger partial charge in [0.1, 0.15) is 11.5 Å². The number of nitrogens with zero attached hydrogens (tertiary/aromatic N) is 2. The molecule has 0 radical (unpaired) electrons. The first kappa shape index (κ1) is 24.9. The number of sulfonamides is 1. The van der Waals surface area contributed by atoms with Gasteiger partial charge in [-0.25, -0.2) is 8.42 Å². The molecule has 0 unspecified atom stereocenters. The van der Waals surface area contributed by atoms with E-state index in [4.69, 9.17) is 14.2 Å². The maximum Gasteiger partial charge on any atom is 0.267 e. The number of morpholine rings is 1. The summed E-state index contributed by atoms with van der Waals surface area (Å²) in [5.41, 5.74) is 2.93. The highest BCUT2D eigenvalue weighted by Gasteiger charge is 2.37. The average Bonchev–Trinajstić information content (AvgIpc) is 2.93. The third kappa shape index (κ3) is 5.21. The first-order valence-corrected chi connectivity index (χ1v) is 13.5. The van der Waals surface area contributed by atoms with Crippen LogP contribution < -0.4 is 24.0 Å².